The van der Waals surface area contributed by atoms with E-state index in [2.05, 4.69) is 84.9 Å². The zero-order valence-electron chi connectivity index (χ0n) is 13.6. The van der Waals surface area contributed by atoms with Crippen molar-refractivity contribution in [2.45, 2.75) is 6.42 Å². The lowest BCUT2D eigenvalue weighted by atomic mass is 10.1. The number of hydrogen-bond acceptors (Lipinski definition) is 0. The molecule has 1 aliphatic heterocycles. The molecule has 0 amide bonds. The van der Waals surface area contributed by atoms with Crippen LogP contribution in [0.15, 0.2) is 84.9 Å². The molecule has 0 radical (unpaired) electrons. The molecule has 3 aromatic rings. The molecular formula is C21H21P3. The Morgan fingerprint density at radius 1 is 0.625 bits per heavy atom. The highest BCUT2D eigenvalue weighted by Gasteiger charge is 2.27. The van der Waals surface area contributed by atoms with Crippen molar-refractivity contribution in [2.24, 2.45) is 0 Å². The predicted molar refractivity (Wildman–Crippen MR) is 114 cm³/mol. The van der Waals surface area contributed by atoms with E-state index in [1.54, 1.807) is 10.6 Å². The van der Waals surface area contributed by atoms with Crippen LogP contribution in [0.2, 0.25) is 0 Å². The second-order valence-corrected chi connectivity index (χ2v) is 15.7. The Kier molecular flexibility index (Phi) is 5.40. The van der Waals surface area contributed by atoms with Gasteiger partial charge in [-0.3, -0.25) is 0 Å². The van der Waals surface area contributed by atoms with Crippen molar-refractivity contribution < 1.29 is 0 Å². The van der Waals surface area contributed by atoms with E-state index in [9.17, 15) is 0 Å². The van der Waals surface area contributed by atoms with Crippen LogP contribution in [-0.4, -0.2) is 12.3 Å². The van der Waals surface area contributed by atoms with E-state index in [0.29, 0.717) is 0 Å². The summed E-state index contributed by atoms with van der Waals surface area (Å²) in [6, 6.07) is 31.4. The zero-order chi connectivity index (χ0) is 16.2. The third kappa shape index (κ3) is 3.63. The van der Waals surface area contributed by atoms with Crippen LogP contribution < -0.4 is 10.6 Å². The summed E-state index contributed by atoms with van der Waals surface area (Å²) in [5.74, 6) is 0. The minimum absolute atomic E-state index is 0.0107. The van der Waals surface area contributed by atoms with Crippen molar-refractivity contribution in [3.05, 3.63) is 84.9 Å². The third-order valence-electron chi connectivity index (χ3n) is 4.32. The maximum absolute atomic E-state index is 2.40. The zero-order valence-corrected chi connectivity index (χ0v) is 16.4. The molecule has 0 bridgehead atoms. The minimum Gasteiger partial charge on any atom is -0.0866 e. The number of rotatable bonds is 3. The van der Waals surface area contributed by atoms with E-state index in [0.717, 1.165) is 8.27 Å². The first-order valence-electron chi connectivity index (χ1n) is 8.43. The highest BCUT2D eigenvalue weighted by Crippen LogP contribution is 2.80. The monoisotopic (exact) mass is 366 g/mol. The molecule has 3 atom stereocenters. The van der Waals surface area contributed by atoms with Gasteiger partial charge in [0.05, 0.1) is 0 Å². The smallest absolute Gasteiger partial charge is 0.0153 e. The fourth-order valence-corrected chi connectivity index (χ4v) is 17.0. The van der Waals surface area contributed by atoms with E-state index in [-0.39, 0.29) is 14.9 Å². The maximum atomic E-state index is 2.40. The first-order valence-corrected chi connectivity index (χ1v) is 14.1. The van der Waals surface area contributed by atoms with Crippen molar-refractivity contribution in [1.82, 2.24) is 0 Å². The fourth-order valence-electron chi connectivity index (χ4n) is 3.10. The maximum Gasteiger partial charge on any atom is -0.0153 e. The molecule has 0 N–H and O–H groups in total. The lowest BCUT2D eigenvalue weighted by molar-refractivity contribution is 1.12. The Morgan fingerprint density at radius 3 is 1.96 bits per heavy atom. The van der Waals surface area contributed by atoms with Crippen LogP contribution in [0, 0.1) is 0 Å². The predicted octanol–water partition coefficient (Wildman–Crippen LogP) is 6.18. The molecule has 0 saturated carbocycles. The second kappa shape index (κ2) is 7.89. The van der Waals surface area contributed by atoms with Crippen molar-refractivity contribution in [3.8, 4) is 11.1 Å². The quantitative estimate of drug-likeness (QED) is 0.486. The molecule has 4 rings (SSSR count). The topological polar surface area (TPSA) is 0 Å². The average Bonchev–Trinajstić information content (AvgIpc) is 2.69. The van der Waals surface area contributed by atoms with Crippen molar-refractivity contribution in [2.75, 3.05) is 12.3 Å². The fraction of sp³-hybridized carbons (Fsp3) is 0.143. The van der Waals surface area contributed by atoms with Crippen LogP contribution in [0.4, 0.5) is 0 Å². The molecular weight excluding hydrogens is 345 g/mol. The summed E-state index contributed by atoms with van der Waals surface area (Å²) in [6.07, 6.45) is 4.26. The van der Waals surface area contributed by atoms with Gasteiger partial charge in [0.1, 0.15) is 0 Å². The van der Waals surface area contributed by atoms with E-state index in [4.69, 9.17) is 0 Å². The molecule has 0 aliphatic carbocycles. The molecule has 24 heavy (non-hydrogen) atoms. The largest absolute Gasteiger partial charge is 0.0866 e. The van der Waals surface area contributed by atoms with Crippen LogP contribution in [0.3, 0.4) is 0 Å². The van der Waals surface area contributed by atoms with Gasteiger partial charge in [0.2, 0.25) is 0 Å². The first-order chi connectivity index (χ1) is 11.9. The van der Waals surface area contributed by atoms with E-state index >= 15 is 0 Å². The Hall–Kier alpha value is -1.05. The van der Waals surface area contributed by atoms with Crippen molar-refractivity contribution in [1.29, 1.82) is 0 Å². The molecule has 3 heteroatoms. The highest BCUT2D eigenvalue weighted by molar-refractivity contribution is 8.61. The Morgan fingerprint density at radius 2 is 1.25 bits per heavy atom. The molecule has 1 saturated heterocycles. The standard InChI is InChI=1S/C21H21P3/c1-3-8-18(9-4-1)19-12-14-20(15-13-19)23-17-7-16-22-24(23)21-10-5-2-6-11-21/h1-6,8-15,22H,7,16-17H2. The average molecular weight is 366 g/mol. The number of benzene rings is 3. The van der Waals surface area contributed by atoms with Gasteiger partial charge in [0, 0.05) is 0 Å². The molecule has 120 valence electrons. The summed E-state index contributed by atoms with van der Waals surface area (Å²) >= 11 is 0. The molecule has 3 aromatic carbocycles. The SMILES string of the molecule is c1ccc(-c2ccc(P3CCCPP3c3ccccc3)cc2)cc1. The van der Waals surface area contributed by atoms with Gasteiger partial charge in [-0.1, -0.05) is 93.2 Å². The summed E-state index contributed by atoms with van der Waals surface area (Å²) in [6.45, 7) is 0. The van der Waals surface area contributed by atoms with Crippen LogP contribution in [0.5, 0.6) is 0 Å². The second-order valence-electron chi connectivity index (χ2n) is 5.95. The van der Waals surface area contributed by atoms with Crippen LogP contribution in [0.1, 0.15) is 6.42 Å². The molecule has 3 unspecified atom stereocenters. The van der Waals surface area contributed by atoms with Crippen LogP contribution >= 0.6 is 23.2 Å². The molecule has 1 heterocycles. The Labute approximate surface area is 148 Å². The third-order valence-corrected chi connectivity index (χ3v) is 17.3. The van der Waals surface area contributed by atoms with Gasteiger partial charge < -0.3 is 0 Å². The van der Waals surface area contributed by atoms with Gasteiger partial charge in [0.15, 0.2) is 0 Å². The summed E-state index contributed by atoms with van der Waals surface area (Å²) in [5, 5.41) is 3.22. The van der Waals surface area contributed by atoms with Gasteiger partial charge >= 0.3 is 0 Å². The van der Waals surface area contributed by atoms with Crippen molar-refractivity contribution >= 4 is 33.8 Å². The summed E-state index contributed by atoms with van der Waals surface area (Å²) in [5.41, 5.74) is 2.64. The summed E-state index contributed by atoms with van der Waals surface area (Å²) in [4.78, 5) is 0. The first kappa shape index (κ1) is 16.4. The van der Waals surface area contributed by atoms with Gasteiger partial charge in [-0.05, 0) is 55.4 Å². The highest BCUT2D eigenvalue weighted by atomic mass is 32.5. The van der Waals surface area contributed by atoms with Gasteiger partial charge in [-0.15, -0.1) is 0 Å². The minimum atomic E-state index is -0.0107. The normalized spacial score (nSPS) is 21.7. The van der Waals surface area contributed by atoms with E-state index in [1.807, 2.05) is 0 Å². The van der Waals surface area contributed by atoms with Crippen molar-refractivity contribution in [3.63, 3.8) is 0 Å². The van der Waals surface area contributed by atoms with Gasteiger partial charge in [-0.25, -0.2) is 0 Å². The summed E-state index contributed by atoms with van der Waals surface area (Å²) < 4.78 is 0. The van der Waals surface area contributed by atoms with E-state index < -0.39 is 0 Å². The molecule has 1 fully saturated rings. The molecule has 0 aromatic heterocycles. The molecule has 0 nitrogen and oxygen atoms in total. The van der Waals surface area contributed by atoms with Gasteiger partial charge in [-0.2, -0.15) is 0 Å². The molecule has 0 spiro atoms. The lowest BCUT2D eigenvalue weighted by Gasteiger charge is -2.33. The lowest BCUT2D eigenvalue weighted by Crippen LogP contribution is -2.10. The Balaban J connectivity index is 1.62. The van der Waals surface area contributed by atoms with E-state index in [1.165, 1.54) is 29.9 Å². The number of hydrogen-bond donors (Lipinski definition) is 0. The Bertz CT molecular complexity index is 769. The molecule has 1 aliphatic rings. The van der Waals surface area contributed by atoms with Crippen LogP contribution in [0.25, 0.3) is 11.1 Å². The summed E-state index contributed by atoms with van der Waals surface area (Å²) in [7, 11) is 1.15. The van der Waals surface area contributed by atoms with Crippen LogP contribution in [-0.2, 0) is 0 Å². The van der Waals surface area contributed by atoms with Gasteiger partial charge in [0.25, 0.3) is 0 Å².